The molecule has 2 rings (SSSR count). The average Bonchev–Trinajstić information content (AvgIpc) is 2.92. The van der Waals surface area contributed by atoms with Crippen molar-refractivity contribution in [3.8, 4) is 0 Å². The van der Waals surface area contributed by atoms with E-state index in [1.54, 1.807) is 24.5 Å². The van der Waals surface area contributed by atoms with Crippen LogP contribution in [-0.4, -0.2) is 27.6 Å². The zero-order valence-corrected chi connectivity index (χ0v) is 11.2. The van der Waals surface area contributed by atoms with E-state index >= 15 is 0 Å². The van der Waals surface area contributed by atoms with Gasteiger partial charge in [-0.3, -0.25) is 9.89 Å². The lowest BCUT2D eigenvalue weighted by atomic mass is 10.3. The van der Waals surface area contributed by atoms with Crippen LogP contribution in [0, 0.1) is 0 Å². The number of nitrogens with one attached hydrogen (secondary N) is 3. The van der Waals surface area contributed by atoms with Gasteiger partial charge >= 0.3 is 0 Å². The second-order valence-electron chi connectivity index (χ2n) is 3.85. The molecule has 3 N–H and O–H groups in total. The SMILES string of the molecule is CCNc1ccc(Cl)c(C(=O)NCc2cn[nH]c2)n1. The van der Waals surface area contributed by atoms with E-state index in [4.69, 9.17) is 11.6 Å². The molecule has 0 aliphatic heterocycles. The van der Waals surface area contributed by atoms with Crippen molar-refractivity contribution in [2.75, 3.05) is 11.9 Å². The first kappa shape index (κ1) is 13.4. The molecule has 0 aliphatic carbocycles. The average molecular weight is 280 g/mol. The molecule has 1 amide bonds. The van der Waals surface area contributed by atoms with Crippen molar-refractivity contribution < 1.29 is 4.79 Å². The number of aromatic amines is 1. The minimum Gasteiger partial charge on any atom is -0.370 e. The Hall–Kier alpha value is -2.08. The molecule has 0 radical (unpaired) electrons. The number of amides is 1. The summed E-state index contributed by atoms with van der Waals surface area (Å²) >= 11 is 5.98. The van der Waals surface area contributed by atoms with E-state index < -0.39 is 0 Å². The van der Waals surface area contributed by atoms with Crippen LogP contribution in [0.2, 0.25) is 5.02 Å². The Morgan fingerprint density at radius 1 is 1.47 bits per heavy atom. The number of halogens is 1. The predicted octanol–water partition coefficient (Wildman–Crippen LogP) is 1.82. The summed E-state index contributed by atoms with van der Waals surface area (Å²) in [5.41, 5.74) is 1.09. The quantitative estimate of drug-likeness (QED) is 0.780. The summed E-state index contributed by atoms with van der Waals surface area (Å²) in [6, 6.07) is 3.39. The smallest absolute Gasteiger partial charge is 0.271 e. The van der Waals surface area contributed by atoms with Crippen molar-refractivity contribution in [1.82, 2.24) is 20.5 Å². The van der Waals surface area contributed by atoms with Gasteiger partial charge in [-0.2, -0.15) is 5.10 Å². The zero-order valence-electron chi connectivity index (χ0n) is 10.4. The van der Waals surface area contributed by atoms with E-state index in [1.807, 2.05) is 6.92 Å². The first-order chi connectivity index (χ1) is 9.20. The van der Waals surface area contributed by atoms with Gasteiger partial charge in [0.2, 0.25) is 0 Å². The molecule has 100 valence electrons. The Labute approximate surface area is 115 Å². The van der Waals surface area contributed by atoms with Crippen molar-refractivity contribution in [2.45, 2.75) is 13.5 Å². The third-order valence-electron chi connectivity index (χ3n) is 2.43. The summed E-state index contributed by atoms with van der Waals surface area (Å²) in [5, 5.41) is 12.6. The summed E-state index contributed by atoms with van der Waals surface area (Å²) < 4.78 is 0. The zero-order chi connectivity index (χ0) is 13.7. The molecule has 0 saturated carbocycles. The highest BCUT2D eigenvalue weighted by atomic mass is 35.5. The number of H-pyrrole nitrogens is 1. The molecule has 2 aromatic rings. The Kier molecular flexibility index (Phi) is 4.35. The van der Waals surface area contributed by atoms with Crippen LogP contribution < -0.4 is 10.6 Å². The highest BCUT2D eigenvalue weighted by molar-refractivity contribution is 6.33. The number of nitrogens with zero attached hydrogens (tertiary/aromatic N) is 2. The van der Waals surface area contributed by atoms with Crippen LogP contribution in [0.25, 0.3) is 0 Å². The van der Waals surface area contributed by atoms with E-state index in [0.29, 0.717) is 17.4 Å². The Morgan fingerprint density at radius 2 is 2.32 bits per heavy atom. The summed E-state index contributed by atoms with van der Waals surface area (Å²) in [7, 11) is 0. The third-order valence-corrected chi connectivity index (χ3v) is 2.73. The van der Waals surface area contributed by atoms with Crippen LogP contribution in [0.5, 0.6) is 0 Å². The first-order valence-corrected chi connectivity index (χ1v) is 6.24. The van der Waals surface area contributed by atoms with Crippen LogP contribution in [-0.2, 0) is 6.54 Å². The maximum Gasteiger partial charge on any atom is 0.271 e. The van der Waals surface area contributed by atoms with Crippen LogP contribution in [0.4, 0.5) is 5.82 Å². The molecule has 6 nitrogen and oxygen atoms in total. The van der Waals surface area contributed by atoms with Crippen LogP contribution in [0.15, 0.2) is 24.5 Å². The summed E-state index contributed by atoms with van der Waals surface area (Å²) in [6.45, 7) is 3.05. The van der Waals surface area contributed by atoms with Gasteiger partial charge < -0.3 is 10.6 Å². The van der Waals surface area contributed by atoms with Gasteiger partial charge in [0.15, 0.2) is 0 Å². The largest absolute Gasteiger partial charge is 0.370 e. The molecule has 2 heterocycles. The summed E-state index contributed by atoms with van der Waals surface area (Å²) in [6.07, 6.45) is 3.36. The number of hydrogen-bond donors (Lipinski definition) is 3. The van der Waals surface area contributed by atoms with Gasteiger partial charge in [-0.15, -0.1) is 0 Å². The van der Waals surface area contributed by atoms with Crippen molar-refractivity contribution in [3.05, 3.63) is 40.8 Å². The summed E-state index contributed by atoms with van der Waals surface area (Å²) in [4.78, 5) is 16.2. The minimum absolute atomic E-state index is 0.212. The number of pyridine rings is 1. The second-order valence-corrected chi connectivity index (χ2v) is 4.25. The highest BCUT2D eigenvalue weighted by Gasteiger charge is 2.13. The first-order valence-electron chi connectivity index (χ1n) is 5.87. The fourth-order valence-corrected chi connectivity index (χ4v) is 1.71. The number of aromatic nitrogens is 3. The van der Waals surface area contributed by atoms with Crippen LogP contribution in [0.3, 0.4) is 0 Å². The fraction of sp³-hybridized carbons (Fsp3) is 0.250. The van der Waals surface area contributed by atoms with Gasteiger partial charge in [0.05, 0.1) is 11.2 Å². The third kappa shape index (κ3) is 3.45. The Morgan fingerprint density at radius 3 is 3.00 bits per heavy atom. The van der Waals surface area contributed by atoms with Crippen molar-refractivity contribution in [2.24, 2.45) is 0 Å². The molecular formula is C12H14ClN5O. The molecule has 0 spiro atoms. The van der Waals surface area contributed by atoms with Crippen LogP contribution >= 0.6 is 11.6 Å². The van der Waals surface area contributed by atoms with Gasteiger partial charge in [-0.05, 0) is 19.1 Å². The standard InChI is InChI=1S/C12H14ClN5O/c1-2-14-10-4-3-9(13)11(18-10)12(19)15-5-8-6-16-17-7-8/h3-4,6-7H,2,5H2,1H3,(H,14,18)(H,15,19)(H,16,17). The van der Waals surface area contributed by atoms with Gasteiger partial charge in [0.1, 0.15) is 11.5 Å². The lowest BCUT2D eigenvalue weighted by Gasteiger charge is -2.08. The molecule has 2 aromatic heterocycles. The van der Waals surface area contributed by atoms with E-state index in [2.05, 4.69) is 25.8 Å². The molecule has 0 aromatic carbocycles. The van der Waals surface area contributed by atoms with Crippen LogP contribution in [0.1, 0.15) is 23.0 Å². The van der Waals surface area contributed by atoms with Crippen molar-refractivity contribution in [1.29, 1.82) is 0 Å². The molecule has 0 unspecified atom stereocenters. The highest BCUT2D eigenvalue weighted by Crippen LogP contribution is 2.16. The molecule has 0 aliphatic rings. The summed E-state index contributed by atoms with van der Waals surface area (Å²) in [5.74, 6) is 0.311. The molecule has 7 heteroatoms. The molecule has 0 bridgehead atoms. The number of hydrogen-bond acceptors (Lipinski definition) is 4. The van der Waals surface area contributed by atoms with Crippen molar-refractivity contribution >= 4 is 23.3 Å². The number of carbonyl (C=O) groups is 1. The lowest BCUT2D eigenvalue weighted by molar-refractivity contribution is 0.0946. The number of carbonyl (C=O) groups excluding carboxylic acids is 1. The Bertz CT molecular complexity index is 555. The number of anilines is 1. The van der Waals surface area contributed by atoms with Gasteiger partial charge in [-0.25, -0.2) is 4.98 Å². The molecule has 0 fully saturated rings. The van der Waals surface area contributed by atoms with Gasteiger partial charge in [0, 0.05) is 24.8 Å². The van der Waals surface area contributed by atoms with Gasteiger partial charge in [-0.1, -0.05) is 11.6 Å². The topological polar surface area (TPSA) is 82.7 Å². The molecule has 0 atom stereocenters. The van der Waals surface area contributed by atoms with E-state index in [-0.39, 0.29) is 11.6 Å². The fourth-order valence-electron chi connectivity index (χ4n) is 1.52. The second kappa shape index (κ2) is 6.19. The maximum atomic E-state index is 12.0. The minimum atomic E-state index is -0.314. The molecule has 0 saturated heterocycles. The van der Waals surface area contributed by atoms with Gasteiger partial charge in [0.25, 0.3) is 5.91 Å². The predicted molar refractivity (Wildman–Crippen MR) is 73.2 cm³/mol. The van der Waals surface area contributed by atoms with E-state index in [1.165, 1.54) is 0 Å². The van der Waals surface area contributed by atoms with Crippen molar-refractivity contribution in [3.63, 3.8) is 0 Å². The maximum absolute atomic E-state index is 12.0. The monoisotopic (exact) mass is 279 g/mol. The number of rotatable bonds is 5. The lowest BCUT2D eigenvalue weighted by Crippen LogP contribution is -2.24. The van der Waals surface area contributed by atoms with E-state index in [0.717, 1.165) is 12.1 Å². The molecular weight excluding hydrogens is 266 g/mol. The normalized spacial score (nSPS) is 10.2. The Balaban J connectivity index is 2.07. The molecule has 19 heavy (non-hydrogen) atoms. The van der Waals surface area contributed by atoms with E-state index in [9.17, 15) is 4.79 Å².